The van der Waals surface area contributed by atoms with Crippen molar-refractivity contribution in [2.75, 3.05) is 11.9 Å². The number of carbonyl (C=O) groups excluding carboxylic acids is 1. The number of nitrogens with one attached hydrogen (secondary N) is 1. The first-order chi connectivity index (χ1) is 13.3. The fourth-order valence-corrected chi connectivity index (χ4v) is 5.07. The van der Waals surface area contributed by atoms with Gasteiger partial charge in [-0.15, -0.1) is 5.10 Å². The molecule has 0 saturated carbocycles. The average molecular weight is 407 g/mol. The first-order valence-corrected chi connectivity index (χ1v) is 11.0. The van der Waals surface area contributed by atoms with E-state index in [4.69, 9.17) is 4.42 Å². The molecule has 1 aromatic heterocycles. The largest absolute Gasteiger partial charge is 0.408 e. The second-order valence-corrected chi connectivity index (χ2v) is 9.14. The number of amides is 1. The lowest BCUT2D eigenvalue weighted by molar-refractivity contribution is 0.102. The van der Waals surface area contributed by atoms with Gasteiger partial charge in [0.05, 0.1) is 4.90 Å². The Labute approximate surface area is 165 Å². The molecule has 1 aliphatic rings. The normalized spacial score (nSPS) is 18.4. The molecule has 0 aliphatic carbocycles. The van der Waals surface area contributed by atoms with Gasteiger partial charge in [0.15, 0.2) is 0 Å². The summed E-state index contributed by atoms with van der Waals surface area (Å²) in [6.45, 7) is 6.36. The Kier molecular flexibility index (Phi) is 6.14. The summed E-state index contributed by atoms with van der Waals surface area (Å²) in [5, 5.41) is 10.2. The van der Waals surface area contributed by atoms with Crippen LogP contribution in [0.25, 0.3) is 0 Å². The van der Waals surface area contributed by atoms with Crippen LogP contribution in [0.15, 0.2) is 33.6 Å². The zero-order valence-electron chi connectivity index (χ0n) is 16.4. The number of sulfonamides is 1. The molecule has 3 rings (SSSR count). The molecule has 1 aromatic carbocycles. The maximum atomic E-state index is 13.0. The second kappa shape index (κ2) is 8.40. The van der Waals surface area contributed by atoms with Crippen LogP contribution >= 0.6 is 0 Å². The molecule has 1 N–H and O–H groups in total. The fraction of sp³-hybridized carbons (Fsp3) is 0.526. The van der Waals surface area contributed by atoms with Crippen LogP contribution in [0.3, 0.4) is 0 Å². The fourth-order valence-electron chi connectivity index (χ4n) is 3.30. The summed E-state index contributed by atoms with van der Waals surface area (Å²) in [4.78, 5) is 12.6. The lowest BCUT2D eigenvalue weighted by Gasteiger charge is -2.34. The van der Waals surface area contributed by atoms with E-state index in [0.717, 1.165) is 25.7 Å². The van der Waals surface area contributed by atoms with Crippen LogP contribution in [0.2, 0.25) is 0 Å². The Hall–Kier alpha value is -2.26. The molecule has 0 unspecified atom stereocenters. The summed E-state index contributed by atoms with van der Waals surface area (Å²) < 4.78 is 32.9. The zero-order valence-corrected chi connectivity index (χ0v) is 17.2. The molecule has 9 heteroatoms. The first-order valence-electron chi connectivity index (χ1n) is 9.59. The Morgan fingerprint density at radius 1 is 1.25 bits per heavy atom. The van der Waals surface area contributed by atoms with Gasteiger partial charge in [-0.1, -0.05) is 32.3 Å². The SMILES string of the molecule is CC[C@@H]1CCCCN1S(=O)(=O)c1ccc(C(=O)Nc2nnc(C(C)C)o2)cc1. The van der Waals surface area contributed by atoms with Crippen LogP contribution in [-0.2, 0) is 10.0 Å². The summed E-state index contributed by atoms with van der Waals surface area (Å²) in [6.07, 6.45) is 3.61. The molecular weight excluding hydrogens is 380 g/mol. The van der Waals surface area contributed by atoms with E-state index in [1.54, 1.807) is 4.31 Å². The van der Waals surface area contributed by atoms with E-state index in [0.29, 0.717) is 18.0 Å². The Balaban J connectivity index is 1.74. The van der Waals surface area contributed by atoms with E-state index >= 15 is 0 Å². The van der Waals surface area contributed by atoms with Gasteiger partial charge in [-0.3, -0.25) is 10.1 Å². The molecule has 0 spiro atoms. The Bertz CT molecular complexity index is 922. The summed E-state index contributed by atoms with van der Waals surface area (Å²) in [5.41, 5.74) is 0.314. The van der Waals surface area contributed by atoms with E-state index < -0.39 is 15.9 Å². The lowest BCUT2D eigenvalue weighted by Crippen LogP contribution is -2.43. The van der Waals surface area contributed by atoms with Gasteiger partial charge in [-0.05, 0) is 43.5 Å². The highest BCUT2D eigenvalue weighted by atomic mass is 32.2. The van der Waals surface area contributed by atoms with E-state index in [9.17, 15) is 13.2 Å². The van der Waals surface area contributed by atoms with E-state index in [1.807, 2.05) is 20.8 Å². The standard InChI is InChI=1S/C19H26N4O4S/c1-4-15-7-5-6-12-23(15)28(25,26)16-10-8-14(9-11-16)17(24)20-19-22-21-18(27-19)13(2)3/h8-11,13,15H,4-7,12H2,1-3H3,(H,20,22,24)/t15-/m1/s1. The summed E-state index contributed by atoms with van der Waals surface area (Å²) in [7, 11) is -3.57. The van der Waals surface area contributed by atoms with Crippen LogP contribution in [-0.4, -0.2) is 41.4 Å². The van der Waals surface area contributed by atoms with Gasteiger partial charge < -0.3 is 4.42 Å². The van der Waals surface area contributed by atoms with E-state index in [1.165, 1.54) is 24.3 Å². The molecule has 8 nitrogen and oxygen atoms in total. The highest BCUT2D eigenvalue weighted by Gasteiger charge is 2.32. The summed E-state index contributed by atoms with van der Waals surface area (Å²) in [5.74, 6) is 0.0560. The number of hydrogen-bond acceptors (Lipinski definition) is 6. The van der Waals surface area contributed by atoms with Crippen molar-refractivity contribution in [1.29, 1.82) is 0 Å². The molecule has 1 saturated heterocycles. The van der Waals surface area contributed by atoms with Crippen molar-refractivity contribution in [3.8, 4) is 0 Å². The molecule has 1 amide bonds. The number of nitrogens with zero attached hydrogens (tertiary/aromatic N) is 3. The van der Waals surface area contributed by atoms with Crippen molar-refractivity contribution >= 4 is 21.9 Å². The van der Waals surface area contributed by atoms with Crippen molar-refractivity contribution < 1.29 is 17.6 Å². The van der Waals surface area contributed by atoms with Crippen LogP contribution in [0, 0.1) is 0 Å². The highest BCUT2D eigenvalue weighted by Crippen LogP contribution is 2.27. The summed E-state index contributed by atoms with van der Waals surface area (Å²) >= 11 is 0. The number of hydrogen-bond donors (Lipinski definition) is 1. The van der Waals surface area contributed by atoms with Gasteiger partial charge >= 0.3 is 6.01 Å². The number of benzene rings is 1. The van der Waals surface area contributed by atoms with Gasteiger partial charge in [-0.2, -0.15) is 4.31 Å². The van der Waals surface area contributed by atoms with Gasteiger partial charge in [-0.25, -0.2) is 8.42 Å². The third-order valence-electron chi connectivity index (χ3n) is 4.92. The highest BCUT2D eigenvalue weighted by molar-refractivity contribution is 7.89. The average Bonchev–Trinajstić information content (AvgIpc) is 3.17. The number of aromatic nitrogens is 2. The Morgan fingerprint density at radius 3 is 2.57 bits per heavy atom. The number of carbonyl (C=O) groups is 1. The van der Waals surface area contributed by atoms with Crippen molar-refractivity contribution in [2.45, 2.75) is 63.3 Å². The van der Waals surface area contributed by atoms with Crippen molar-refractivity contribution in [1.82, 2.24) is 14.5 Å². The minimum atomic E-state index is -3.57. The van der Waals surface area contributed by atoms with Crippen LogP contribution in [0.1, 0.15) is 68.6 Å². The first kappa shape index (κ1) is 20.5. The van der Waals surface area contributed by atoms with Crippen molar-refractivity contribution in [3.63, 3.8) is 0 Å². The molecule has 1 aliphatic heterocycles. The third-order valence-corrected chi connectivity index (χ3v) is 6.89. The number of piperidine rings is 1. The molecular formula is C19H26N4O4S. The second-order valence-electron chi connectivity index (χ2n) is 7.25. The third kappa shape index (κ3) is 4.25. The van der Waals surface area contributed by atoms with Gasteiger partial charge in [0.2, 0.25) is 15.9 Å². The lowest BCUT2D eigenvalue weighted by atomic mass is 10.0. The van der Waals surface area contributed by atoms with Crippen LogP contribution < -0.4 is 5.32 Å². The maximum absolute atomic E-state index is 13.0. The molecule has 0 radical (unpaired) electrons. The van der Waals surface area contributed by atoms with Crippen LogP contribution in [0.4, 0.5) is 6.01 Å². The quantitative estimate of drug-likeness (QED) is 0.788. The number of anilines is 1. The van der Waals surface area contributed by atoms with E-state index in [-0.39, 0.29) is 22.9 Å². The molecule has 1 fully saturated rings. The summed E-state index contributed by atoms with van der Waals surface area (Å²) in [6, 6.07) is 5.98. The maximum Gasteiger partial charge on any atom is 0.322 e. The molecule has 2 aromatic rings. The minimum absolute atomic E-state index is 0.0181. The van der Waals surface area contributed by atoms with Crippen molar-refractivity contribution in [3.05, 3.63) is 35.7 Å². The van der Waals surface area contributed by atoms with E-state index in [2.05, 4.69) is 15.5 Å². The monoisotopic (exact) mass is 406 g/mol. The van der Waals surface area contributed by atoms with Crippen LogP contribution in [0.5, 0.6) is 0 Å². The molecule has 0 bridgehead atoms. The Morgan fingerprint density at radius 2 is 1.96 bits per heavy atom. The predicted octanol–water partition coefficient (Wildman–Crippen LogP) is 3.40. The molecule has 1 atom stereocenters. The predicted molar refractivity (Wildman–Crippen MR) is 105 cm³/mol. The van der Waals surface area contributed by atoms with Gasteiger partial charge in [0, 0.05) is 24.1 Å². The van der Waals surface area contributed by atoms with Gasteiger partial charge in [0.25, 0.3) is 5.91 Å². The molecule has 152 valence electrons. The zero-order chi connectivity index (χ0) is 20.3. The molecule has 28 heavy (non-hydrogen) atoms. The minimum Gasteiger partial charge on any atom is -0.408 e. The van der Waals surface area contributed by atoms with Gasteiger partial charge in [0.1, 0.15) is 0 Å². The molecule has 2 heterocycles. The number of rotatable bonds is 6. The topological polar surface area (TPSA) is 105 Å². The smallest absolute Gasteiger partial charge is 0.322 e. The van der Waals surface area contributed by atoms with Crippen molar-refractivity contribution in [2.24, 2.45) is 0 Å².